The van der Waals surface area contributed by atoms with Crippen LogP contribution in [-0.2, 0) is 9.53 Å². The lowest BCUT2D eigenvalue weighted by atomic mass is 9.74. The average Bonchev–Trinajstić information content (AvgIpc) is 2.76. The smallest absolute Gasteiger partial charge is 0.333 e. The van der Waals surface area contributed by atoms with Crippen molar-refractivity contribution in [3.05, 3.63) is 12.2 Å². The number of hydrogen-bond donors (Lipinski definition) is 1. The third-order valence-corrected chi connectivity index (χ3v) is 7.86. The molecule has 2 saturated carbocycles. The minimum Gasteiger partial charge on any atom is -0.462 e. The standard InChI is InChI=1S/C27H48O3/c1-4-5-6-7-22-8-10-23(11-9-22)12-13-24-14-16-25(17-15-24)18-26(19-28)20-30-27(29)21(2)3/h22-26,28H,2,4-20H2,1,3H3. The van der Waals surface area contributed by atoms with E-state index in [-0.39, 0.29) is 18.5 Å². The summed E-state index contributed by atoms with van der Waals surface area (Å²) in [6.07, 6.45) is 20.7. The quantitative estimate of drug-likeness (QED) is 0.197. The second kappa shape index (κ2) is 14.3. The van der Waals surface area contributed by atoms with Crippen molar-refractivity contribution in [2.24, 2.45) is 29.6 Å². The molecule has 0 aromatic carbocycles. The van der Waals surface area contributed by atoms with Crippen LogP contribution in [0.3, 0.4) is 0 Å². The molecule has 3 heteroatoms. The summed E-state index contributed by atoms with van der Waals surface area (Å²) in [5, 5.41) is 9.65. The van der Waals surface area contributed by atoms with Crippen molar-refractivity contribution >= 4 is 5.97 Å². The monoisotopic (exact) mass is 420 g/mol. The Balaban J connectivity index is 1.56. The van der Waals surface area contributed by atoms with Gasteiger partial charge in [-0.05, 0) is 37.0 Å². The van der Waals surface area contributed by atoms with Crippen LogP contribution in [0.4, 0.5) is 0 Å². The molecular formula is C27H48O3. The number of aliphatic hydroxyl groups is 1. The fourth-order valence-corrected chi connectivity index (χ4v) is 5.70. The second-order valence-electron chi connectivity index (χ2n) is 10.5. The SMILES string of the molecule is C=C(C)C(=O)OCC(CO)CC1CCC(CCC2CCC(CCCCC)CC2)CC1. The molecule has 2 aliphatic rings. The Bertz CT molecular complexity index is 484. The highest BCUT2D eigenvalue weighted by atomic mass is 16.5. The maximum absolute atomic E-state index is 11.6. The second-order valence-corrected chi connectivity index (χ2v) is 10.5. The van der Waals surface area contributed by atoms with E-state index >= 15 is 0 Å². The van der Waals surface area contributed by atoms with Crippen LogP contribution in [-0.4, -0.2) is 24.3 Å². The Morgan fingerprint density at radius 2 is 1.40 bits per heavy atom. The molecule has 0 spiro atoms. The summed E-state index contributed by atoms with van der Waals surface area (Å²) < 4.78 is 5.26. The normalized spacial score (nSPS) is 28.1. The summed E-state index contributed by atoms with van der Waals surface area (Å²) in [5.74, 6) is 3.34. The van der Waals surface area contributed by atoms with Crippen molar-refractivity contribution in [3.63, 3.8) is 0 Å². The van der Waals surface area contributed by atoms with Crippen LogP contribution in [0.15, 0.2) is 12.2 Å². The minimum atomic E-state index is -0.341. The van der Waals surface area contributed by atoms with Crippen LogP contribution < -0.4 is 0 Å². The maximum Gasteiger partial charge on any atom is 0.333 e. The van der Waals surface area contributed by atoms with E-state index in [2.05, 4.69) is 13.5 Å². The third kappa shape index (κ3) is 9.54. The Morgan fingerprint density at radius 1 is 0.900 bits per heavy atom. The Kier molecular flexibility index (Phi) is 12.1. The lowest BCUT2D eigenvalue weighted by molar-refractivity contribution is -0.140. The van der Waals surface area contributed by atoms with Gasteiger partial charge in [-0.15, -0.1) is 0 Å². The minimum absolute atomic E-state index is 0.0716. The van der Waals surface area contributed by atoms with E-state index in [4.69, 9.17) is 4.74 Å². The van der Waals surface area contributed by atoms with E-state index in [1.807, 2.05) is 0 Å². The zero-order valence-electron chi connectivity index (χ0n) is 19.9. The van der Waals surface area contributed by atoms with Crippen LogP contribution in [0, 0.1) is 29.6 Å². The number of carbonyl (C=O) groups excluding carboxylic acids is 1. The van der Waals surface area contributed by atoms with E-state index in [0.29, 0.717) is 18.1 Å². The van der Waals surface area contributed by atoms with E-state index in [9.17, 15) is 9.90 Å². The first-order valence-electron chi connectivity index (χ1n) is 12.9. The first-order valence-corrected chi connectivity index (χ1v) is 12.9. The number of rotatable bonds is 13. The van der Waals surface area contributed by atoms with Gasteiger partial charge in [0.25, 0.3) is 0 Å². The molecule has 0 aromatic rings. The first kappa shape index (κ1) is 25.4. The Labute approximate surface area is 186 Å². The maximum atomic E-state index is 11.6. The molecule has 0 saturated heterocycles. The summed E-state index contributed by atoms with van der Waals surface area (Å²) in [6.45, 7) is 8.01. The van der Waals surface area contributed by atoms with Crippen molar-refractivity contribution in [2.45, 2.75) is 110 Å². The molecule has 0 bridgehead atoms. The van der Waals surface area contributed by atoms with Crippen LogP contribution in [0.25, 0.3) is 0 Å². The highest BCUT2D eigenvalue weighted by molar-refractivity contribution is 5.86. The van der Waals surface area contributed by atoms with Gasteiger partial charge in [0.2, 0.25) is 0 Å². The first-order chi connectivity index (χ1) is 14.5. The van der Waals surface area contributed by atoms with Gasteiger partial charge in [0.1, 0.15) is 0 Å². The summed E-state index contributed by atoms with van der Waals surface area (Å²) in [7, 11) is 0. The molecule has 2 rings (SSSR count). The summed E-state index contributed by atoms with van der Waals surface area (Å²) in [5.41, 5.74) is 0.428. The van der Waals surface area contributed by atoms with Crippen LogP contribution in [0.1, 0.15) is 110 Å². The van der Waals surface area contributed by atoms with Crippen molar-refractivity contribution in [1.29, 1.82) is 0 Å². The number of hydrogen-bond acceptors (Lipinski definition) is 3. The molecule has 0 heterocycles. The lowest BCUT2D eigenvalue weighted by Gasteiger charge is -2.33. The van der Waals surface area contributed by atoms with Gasteiger partial charge < -0.3 is 9.84 Å². The summed E-state index contributed by atoms with van der Waals surface area (Å²) in [6, 6.07) is 0. The lowest BCUT2D eigenvalue weighted by Crippen LogP contribution is -2.23. The zero-order valence-corrected chi connectivity index (χ0v) is 19.9. The molecular weight excluding hydrogens is 372 g/mol. The topological polar surface area (TPSA) is 46.5 Å². The average molecular weight is 421 g/mol. The van der Waals surface area contributed by atoms with Gasteiger partial charge in [-0.3, -0.25) is 0 Å². The van der Waals surface area contributed by atoms with Gasteiger partial charge in [0, 0.05) is 18.1 Å². The van der Waals surface area contributed by atoms with Gasteiger partial charge >= 0.3 is 5.97 Å². The number of carbonyl (C=O) groups is 1. The zero-order chi connectivity index (χ0) is 21.8. The van der Waals surface area contributed by atoms with Gasteiger partial charge in [-0.25, -0.2) is 4.79 Å². The number of aliphatic hydroxyl groups excluding tert-OH is 1. The number of unbranched alkanes of at least 4 members (excludes halogenated alkanes) is 2. The van der Waals surface area contributed by atoms with Gasteiger partial charge in [-0.1, -0.05) is 103 Å². The Hall–Kier alpha value is -0.830. The molecule has 1 N–H and O–H groups in total. The van der Waals surface area contributed by atoms with E-state index in [1.54, 1.807) is 6.92 Å². The molecule has 0 radical (unpaired) electrons. The van der Waals surface area contributed by atoms with E-state index in [0.717, 1.165) is 24.2 Å². The molecule has 174 valence electrons. The Morgan fingerprint density at radius 3 is 1.87 bits per heavy atom. The fraction of sp³-hybridized carbons (Fsp3) is 0.889. The van der Waals surface area contributed by atoms with E-state index in [1.165, 1.54) is 89.9 Å². The molecule has 1 unspecified atom stereocenters. The molecule has 30 heavy (non-hydrogen) atoms. The largest absolute Gasteiger partial charge is 0.462 e. The van der Waals surface area contributed by atoms with Crippen LogP contribution in [0.5, 0.6) is 0 Å². The van der Waals surface area contributed by atoms with Gasteiger partial charge in [0.05, 0.1) is 6.61 Å². The van der Waals surface area contributed by atoms with Crippen molar-refractivity contribution < 1.29 is 14.6 Å². The third-order valence-electron chi connectivity index (χ3n) is 7.86. The highest BCUT2D eigenvalue weighted by Gasteiger charge is 2.26. The number of ether oxygens (including phenoxy) is 1. The molecule has 0 amide bonds. The molecule has 1 atom stereocenters. The van der Waals surface area contributed by atoms with E-state index < -0.39 is 0 Å². The van der Waals surface area contributed by atoms with Crippen LogP contribution in [0.2, 0.25) is 0 Å². The van der Waals surface area contributed by atoms with Gasteiger partial charge in [0.15, 0.2) is 0 Å². The molecule has 3 nitrogen and oxygen atoms in total. The molecule has 2 fully saturated rings. The van der Waals surface area contributed by atoms with Crippen LogP contribution >= 0.6 is 0 Å². The van der Waals surface area contributed by atoms with Crippen molar-refractivity contribution in [2.75, 3.05) is 13.2 Å². The van der Waals surface area contributed by atoms with Gasteiger partial charge in [-0.2, -0.15) is 0 Å². The molecule has 2 aliphatic carbocycles. The highest BCUT2D eigenvalue weighted by Crippen LogP contribution is 2.39. The summed E-state index contributed by atoms with van der Waals surface area (Å²) in [4.78, 5) is 11.6. The van der Waals surface area contributed by atoms with Crippen molar-refractivity contribution in [1.82, 2.24) is 0 Å². The molecule has 0 aliphatic heterocycles. The van der Waals surface area contributed by atoms with Crippen molar-refractivity contribution in [3.8, 4) is 0 Å². The predicted molar refractivity (Wildman–Crippen MR) is 125 cm³/mol. The summed E-state index contributed by atoms with van der Waals surface area (Å²) >= 11 is 0. The fourth-order valence-electron chi connectivity index (χ4n) is 5.70. The predicted octanol–water partition coefficient (Wildman–Crippen LogP) is 7.08. The molecule has 0 aromatic heterocycles. The number of esters is 1.